The predicted octanol–water partition coefficient (Wildman–Crippen LogP) is 4.55. The Labute approximate surface area is 161 Å². The molecule has 1 heterocycles. The van der Waals surface area contributed by atoms with Crippen LogP contribution < -0.4 is 9.46 Å². The molecule has 1 aromatic heterocycles. The Hall–Kier alpha value is -2.44. The number of nitrogens with one attached hydrogen (secondary N) is 1. The zero-order chi connectivity index (χ0) is 18.4. The Bertz CT molecular complexity index is 1010. The van der Waals surface area contributed by atoms with Crippen LogP contribution in [0, 0.1) is 0 Å². The van der Waals surface area contributed by atoms with Crippen molar-refractivity contribution in [2.75, 3.05) is 11.8 Å². The number of methoxy groups -OCH3 is 1. The summed E-state index contributed by atoms with van der Waals surface area (Å²) < 4.78 is 14.5. The molecule has 2 aliphatic rings. The third kappa shape index (κ3) is 2.71. The molecular weight excluding hydrogens is 360 g/mol. The summed E-state index contributed by atoms with van der Waals surface area (Å²) >= 11 is 1.47. The predicted molar refractivity (Wildman–Crippen MR) is 105 cm³/mol. The molecule has 5 rings (SSSR count). The van der Waals surface area contributed by atoms with Crippen LogP contribution in [-0.2, 0) is 18.4 Å². The first-order chi connectivity index (χ1) is 13.2. The largest absolute Gasteiger partial charge is 0.496 e. The van der Waals surface area contributed by atoms with Crippen LogP contribution in [0.4, 0.5) is 5.82 Å². The van der Waals surface area contributed by atoms with E-state index in [-0.39, 0.29) is 12.0 Å². The number of rotatable bonds is 5. The number of para-hydroxylation sites is 1. The highest BCUT2D eigenvalue weighted by Crippen LogP contribution is 2.58. The van der Waals surface area contributed by atoms with Crippen molar-refractivity contribution in [2.45, 2.75) is 36.2 Å². The minimum Gasteiger partial charge on any atom is -0.496 e. The summed E-state index contributed by atoms with van der Waals surface area (Å²) in [6.45, 7) is 0.0263. The lowest BCUT2D eigenvalue weighted by molar-refractivity contribution is 0.282. The van der Waals surface area contributed by atoms with E-state index in [0.29, 0.717) is 0 Å². The fraction of sp³-hybridized carbons (Fsp3) is 0.286. The van der Waals surface area contributed by atoms with Crippen LogP contribution in [-0.4, -0.2) is 17.4 Å². The van der Waals surface area contributed by atoms with E-state index < -0.39 is 0 Å². The first-order valence-corrected chi connectivity index (χ1v) is 9.85. The molecule has 3 aromatic rings. The average Bonchev–Trinajstić information content (AvgIpc) is 3.37. The van der Waals surface area contributed by atoms with Crippen molar-refractivity contribution in [1.29, 1.82) is 0 Å². The quantitative estimate of drug-likeness (QED) is 0.633. The first kappa shape index (κ1) is 16.7. The molecule has 0 unspecified atom stereocenters. The Morgan fingerprint density at radius 3 is 2.89 bits per heavy atom. The molecule has 138 valence electrons. The third-order valence-corrected chi connectivity index (χ3v) is 6.42. The van der Waals surface area contributed by atoms with Crippen molar-refractivity contribution in [1.82, 2.24) is 5.16 Å². The summed E-state index contributed by atoms with van der Waals surface area (Å²) in [5.41, 5.74) is 4.62. The topological polar surface area (TPSA) is 67.5 Å². The first-order valence-electron chi connectivity index (χ1n) is 9.03. The van der Waals surface area contributed by atoms with Crippen LogP contribution >= 0.6 is 11.9 Å². The minimum atomic E-state index is 0.0263. The number of hydrogen-bond acceptors (Lipinski definition) is 6. The maximum Gasteiger partial charge on any atom is 0.183 e. The van der Waals surface area contributed by atoms with Gasteiger partial charge in [0.2, 0.25) is 0 Å². The Morgan fingerprint density at radius 1 is 1.26 bits per heavy atom. The lowest BCUT2D eigenvalue weighted by Gasteiger charge is -2.24. The van der Waals surface area contributed by atoms with Crippen LogP contribution in [0.25, 0.3) is 11.3 Å². The maximum absolute atomic E-state index is 9.52. The molecule has 0 radical (unpaired) electrons. The maximum atomic E-state index is 9.52. The van der Waals surface area contributed by atoms with E-state index in [1.807, 2.05) is 36.4 Å². The monoisotopic (exact) mass is 380 g/mol. The van der Waals surface area contributed by atoms with E-state index in [1.54, 1.807) is 7.11 Å². The molecule has 2 aliphatic carbocycles. The SMILES string of the molecule is COc1ccccc1SNc1noc2c1CC1(CC1)c1ccc(CO)cc1-2. The molecule has 1 fully saturated rings. The van der Waals surface area contributed by atoms with Crippen molar-refractivity contribution in [3.63, 3.8) is 0 Å². The summed E-state index contributed by atoms with van der Waals surface area (Å²) in [4.78, 5) is 0.997. The number of aromatic nitrogens is 1. The number of anilines is 1. The summed E-state index contributed by atoms with van der Waals surface area (Å²) in [7, 11) is 1.67. The van der Waals surface area contributed by atoms with Crippen molar-refractivity contribution in [3.8, 4) is 17.1 Å². The van der Waals surface area contributed by atoms with Crippen LogP contribution in [0.15, 0.2) is 51.9 Å². The molecule has 1 saturated carbocycles. The van der Waals surface area contributed by atoms with Gasteiger partial charge in [-0.3, -0.25) is 0 Å². The minimum absolute atomic E-state index is 0.0263. The number of nitrogens with zero attached hydrogens (tertiary/aromatic N) is 1. The second kappa shape index (κ2) is 6.32. The molecule has 0 saturated heterocycles. The third-order valence-electron chi connectivity index (χ3n) is 5.57. The van der Waals surface area contributed by atoms with Crippen LogP contribution in [0.5, 0.6) is 5.75 Å². The Morgan fingerprint density at radius 2 is 2.11 bits per heavy atom. The molecular formula is C21H20N2O3S. The standard InChI is InChI=1S/C21H20N2O3S/c1-25-17-4-2-3-5-18(17)27-23-20-15-11-21(8-9-21)16-7-6-13(12-24)10-14(16)19(15)26-22-20/h2-7,10,24H,8-9,11-12H2,1H3,(H,22,23). The van der Waals surface area contributed by atoms with Crippen molar-refractivity contribution in [3.05, 3.63) is 59.2 Å². The van der Waals surface area contributed by atoms with Crippen LogP contribution in [0.2, 0.25) is 0 Å². The highest BCUT2D eigenvalue weighted by molar-refractivity contribution is 8.00. The summed E-state index contributed by atoms with van der Waals surface area (Å²) in [6, 6.07) is 14.1. The van der Waals surface area contributed by atoms with E-state index in [4.69, 9.17) is 9.26 Å². The smallest absolute Gasteiger partial charge is 0.183 e. The van der Waals surface area contributed by atoms with Gasteiger partial charge in [0.1, 0.15) is 5.75 Å². The summed E-state index contributed by atoms with van der Waals surface area (Å²) in [5.74, 6) is 2.41. The summed E-state index contributed by atoms with van der Waals surface area (Å²) in [6.07, 6.45) is 3.30. The molecule has 27 heavy (non-hydrogen) atoms. The fourth-order valence-electron chi connectivity index (χ4n) is 3.94. The number of aliphatic hydroxyl groups is 1. The Balaban J connectivity index is 1.49. The normalized spacial score (nSPS) is 15.9. The molecule has 0 atom stereocenters. The van der Waals surface area contributed by atoms with E-state index in [2.05, 4.69) is 15.9 Å². The second-order valence-electron chi connectivity index (χ2n) is 7.19. The van der Waals surface area contributed by atoms with Gasteiger partial charge >= 0.3 is 0 Å². The molecule has 0 amide bonds. The molecule has 0 aliphatic heterocycles. The number of benzene rings is 2. The van der Waals surface area contributed by atoms with Crippen LogP contribution in [0.1, 0.15) is 29.5 Å². The van der Waals surface area contributed by atoms with E-state index in [1.165, 1.54) is 30.4 Å². The lowest BCUT2D eigenvalue weighted by atomic mass is 9.79. The highest BCUT2D eigenvalue weighted by atomic mass is 32.2. The van der Waals surface area contributed by atoms with E-state index >= 15 is 0 Å². The molecule has 2 N–H and O–H groups in total. The van der Waals surface area contributed by atoms with Gasteiger partial charge in [0.15, 0.2) is 11.6 Å². The molecule has 2 aromatic carbocycles. The van der Waals surface area contributed by atoms with Crippen LogP contribution in [0.3, 0.4) is 0 Å². The van der Waals surface area contributed by atoms with Crippen molar-refractivity contribution >= 4 is 17.8 Å². The lowest BCUT2D eigenvalue weighted by Crippen LogP contribution is -2.17. The number of aliphatic hydroxyl groups excluding tert-OH is 1. The van der Waals surface area contributed by atoms with Crippen molar-refractivity contribution < 1.29 is 14.4 Å². The summed E-state index contributed by atoms with van der Waals surface area (Å²) in [5, 5.41) is 13.8. The molecule has 6 heteroatoms. The molecule has 0 bridgehead atoms. The van der Waals surface area contributed by atoms with Crippen molar-refractivity contribution in [2.24, 2.45) is 0 Å². The molecule has 1 spiro atoms. The zero-order valence-corrected chi connectivity index (χ0v) is 15.8. The van der Waals surface area contributed by atoms with Gasteiger partial charge in [0.05, 0.1) is 18.6 Å². The van der Waals surface area contributed by atoms with Gasteiger partial charge in [-0.2, -0.15) is 0 Å². The second-order valence-corrected chi connectivity index (χ2v) is 8.04. The zero-order valence-electron chi connectivity index (χ0n) is 15.0. The fourth-order valence-corrected chi connectivity index (χ4v) is 4.71. The van der Waals surface area contributed by atoms with Gasteiger partial charge in [-0.15, -0.1) is 0 Å². The average molecular weight is 380 g/mol. The number of fused-ring (bicyclic) bond motifs is 4. The van der Waals surface area contributed by atoms with Gasteiger partial charge in [0, 0.05) is 16.5 Å². The van der Waals surface area contributed by atoms with E-state index in [9.17, 15) is 5.11 Å². The van der Waals surface area contributed by atoms with Gasteiger partial charge in [-0.1, -0.05) is 29.4 Å². The van der Waals surface area contributed by atoms with Gasteiger partial charge in [0.25, 0.3) is 0 Å². The number of ether oxygens (including phenoxy) is 1. The number of hydrogen-bond donors (Lipinski definition) is 2. The van der Waals surface area contributed by atoms with E-state index in [0.717, 1.165) is 45.3 Å². The van der Waals surface area contributed by atoms with Gasteiger partial charge < -0.3 is 19.1 Å². The Kier molecular flexibility index (Phi) is 3.91. The van der Waals surface area contributed by atoms with Gasteiger partial charge in [-0.25, -0.2) is 0 Å². The van der Waals surface area contributed by atoms with Gasteiger partial charge in [-0.05, 0) is 60.5 Å². The molecule has 5 nitrogen and oxygen atoms in total. The highest BCUT2D eigenvalue weighted by Gasteiger charge is 2.50.